The van der Waals surface area contributed by atoms with Crippen LogP contribution in [0.25, 0.3) is 10.8 Å². The van der Waals surface area contributed by atoms with Crippen molar-refractivity contribution in [2.45, 2.75) is 13.5 Å². The Bertz CT molecular complexity index is 932. The Labute approximate surface area is 152 Å². The van der Waals surface area contributed by atoms with Gasteiger partial charge in [0.05, 0.1) is 17.9 Å². The normalized spacial score (nSPS) is 10.3. The van der Waals surface area contributed by atoms with E-state index in [1.165, 1.54) is 0 Å². The van der Waals surface area contributed by atoms with Crippen molar-refractivity contribution >= 4 is 28.5 Å². The molecular formula is C21H20N2O3. The number of fused-ring (bicyclic) bond motifs is 1. The van der Waals surface area contributed by atoms with Gasteiger partial charge < -0.3 is 15.4 Å². The summed E-state index contributed by atoms with van der Waals surface area (Å²) in [5.41, 5.74) is 1.77. The molecule has 0 unspecified atom stereocenters. The highest BCUT2D eigenvalue weighted by Gasteiger charge is 2.13. The molecule has 3 aromatic rings. The number of hydrogen-bond acceptors (Lipinski definition) is 3. The number of nitrogens with one attached hydrogen (secondary N) is 2. The number of ether oxygens (including phenoxy) is 1. The Kier molecular flexibility index (Phi) is 5.49. The van der Waals surface area contributed by atoms with Gasteiger partial charge in [0.1, 0.15) is 0 Å². The van der Waals surface area contributed by atoms with Gasteiger partial charge in [-0.15, -0.1) is 0 Å². The van der Waals surface area contributed by atoms with Gasteiger partial charge in [-0.2, -0.15) is 0 Å². The fraction of sp³-hybridized carbons (Fsp3) is 0.143. The lowest BCUT2D eigenvalue weighted by molar-refractivity contribution is 0.0527. The molecule has 0 aliphatic carbocycles. The third-order valence-electron chi connectivity index (χ3n) is 3.99. The minimum Gasteiger partial charge on any atom is -0.462 e. The monoisotopic (exact) mass is 348 g/mol. The molecule has 26 heavy (non-hydrogen) atoms. The molecule has 0 spiro atoms. The van der Waals surface area contributed by atoms with Gasteiger partial charge in [-0.3, -0.25) is 0 Å². The van der Waals surface area contributed by atoms with Crippen LogP contribution < -0.4 is 10.6 Å². The molecule has 0 heterocycles. The van der Waals surface area contributed by atoms with Crippen molar-refractivity contribution in [1.29, 1.82) is 0 Å². The highest BCUT2D eigenvalue weighted by Crippen LogP contribution is 2.19. The second kappa shape index (κ2) is 8.16. The first-order valence-electron chi connectivity index (χ1n) is 8.46. The maximum absolute atomic E-state index is 12.3. The fourth-order valence-electron chi connectivity index (χ4n) is 2.77. The van der Waals surface area contributed by atoms with Crippen LogP contribution >= 0.6 is 0 Å². The first-order chi connectivity index (χ1) is 12.7. The van der Waals surface area contributed by atoms with Crippen LogP contribution in [0.15, 0.2) is 66.7 Å². The van der Waals surface area contributed by atoms with Gasteiger partial charge in [0.2, 0.25) is 0 Å². The van der Waals surface area contributed by atoms with Gasteiger partial charge in [0, 0.05) is 6.54 Å². The topological polar surface area (TPSA) is 67.4 Å². The third kappa shape index (κ3) is 4.00. The quantitative estimate of drug-likeness (QED) is 0.674. The largest absolute Gasteiger partial charge is 0.462 e. The summed E-state index contributed by atoms with van der Waals surface area (Å²) in [7, 11) is 0. The molecule has 3 aromatic carbocycles. The molecule has 0 bridgehead atoms. The summed E-state index contributed by atoms with van der Waals surface area (Å²) in [5.74, 6) is -0.461. The predicted molar refractivity (Wildman–Crippen MR) is 102 cm³/mol. The summed E-state index contributed by atoms with van der Waals surface area (Å²) in [6.45, 7) is 2.40. The van der Waals surface area contributed by atoms with Gasteiger partial charge >= 0.3 is 12.0 Å². The van der Waals surface area contributed by atoms with Gasteiger partial charge in [-0.1, -0.05) is 54.6 Å². The van der Waals surface area contributed by atoms with Crippen molar-refractivity contribution in [3.05, 3.63) is 77.9 Å². The standard InChI is InChI=1S/C21H20N2O3/c1-2-26-20(24)18-12-5-6-13-19(18)23-21(25)22-14-16-10-7-9-15-8-3-4-11-17(15)16/h3-13H,2,14H2,1H3,(H2,22,23,25). The minimum atomic E-state index is -0.461. The summed E-state index contributed by atoms with van der Waals surface area (Å²) >= 11 is 0. The summed E-state index contributed by atoms with van der Waals surface area (Å²) < 4.78 is 5.02. The van der Waals surface area contributed by atoms with Crippen LogP contribution in [0.2, 0.25) is 0 Å². The highest BCUT2D eigenvalue weighted by molar-refractivity contribution is 6.00. The second-order valence-electron chi connectivity index (χ2n) is 5.71. The van der Waals surface area contributed by atoms with E-state index in [1.807, 2.05) is 42.5 Å². The van der Waals surface area contributed by atoms with E-state index in [0.717, 1.165) is 16.3 Å². The van der Waals surface area contributed by atoms with E-state index < -0.39 is 5.97 Å². The van der Waals surface area contributed by atoms with Crippen LogP contribution in [0.3, 0.4) is 0 Å². The van der Waals surface area contributed by atoms with Crippen molar-refractivity contribution in [1.82, 2.24) is 5.32 Å². The Hall–Kier alpha value is -3.34. The molecule has 0 aliphatic heterocycles. The second-order valence-corrected chi connectivity index (χ2v) is 5.71. The SMILES string of the molecule is CCOC(=O)c1ccccc1NC(=O)NCc1cccc2ccccc12. The zero-order valence-electron chi connectivity index (χ0n) is 14.5. The summed E-state index contributed by atoms with van der Waals surface area (Å²) in [6.07, 6.45) is 0. The molecule has 2 N–H and O–H groups in total. The van der Waals surface area contributed by atoms with Crippen LogP contribution in [-0.4, -0.2) is 18.6 Å². The molecule has 0 aliphatic rings. The van der Waals surface area contributed by atoms with Crippen LogP contribution in [0, 0.1) is 0 Å². The molecule has 132 valence electrons. The Balaban J connectivity index is 1.69. The van der Waals surface area contributed by atoms with Crippen molar-refractivity contribution < 1.29 is 14.3 Å². The van der Waals surface area contributed by atoms with Crippen LogP contribution in [-0.2, 0) is 11.3 Å². The lowest BCUT2D eigenvalue weighted by Crippen LogP contribution is -2.29. The maximum atomic E-state index is 12.3. The first kappa shape index (κ1) is 17.5. The number of para-hydroxylation sites is 1. The Morgan fingerprint density at radius 1 is 0.923 bits per heavy atom. The van der Waals surface area contributed by atoms with E-state index in [-0.39, 0.29) is 12.6 Å². The lowest BCUT2D eigenvalue weighted by atomic mass is 10.0. The number of anilines is 1. The van der Waals surface area contributed by atoms with E-state index in [0.29, 0.717) is 17.8 Å². The number of urea groups is 1. The first-order valence-corrected chi connectivity index (χ1v) is 8.46. The van der Waals surface area contributed by atoms with Gasteiger partial charge in [-0.25, -0.2) is 9.59 Å². The number of hydrogen-bond donors (Lipinski definition) is 2. The molecule has 2 amide bonds. The minimum absolute atomic E-state index is 0.278. The van der Waals surface area contributed by atoms with Gasteiger partial charge in [0.25, 0.3) is 0 Å². The van der Waals surface area contributed by atoms with Crippen LogP contribution in [0.4, 0.5) is 10.5 Å². The lowest BCUT2D eigenvalue weighted by Gasteiger charge is -2.12. The number of carbonyl (C=O) groups excluding carboxylic acids is 2. The van der Waals surface area contributed by atoms with Crippen molar-refractivity contribution in [3.63, 3.8) is 0 Å². The average Bonchev–Trinajstić information content (AvgIpc) is 2.67. The van der Waals surface area contributed by atoms with E-state index in [9.17, 15) is 9.59 Å². The smallest absolute Gasteiger partial charge is 0.340 e. The van der Waals surface area contributed by atoms with E-state index in [2.05, 4.69) is 10.6 Å². The third-order valence-corrected chi connectivity index (χ3v) is 3.99. The molecule has 0 saturated heterocycles. The highest BCUT2D eigenvalue weighted by atomic mass is 16.5. The number of benzene rings is 3. The summed E-state index contributed by atoms with van der Waals surface area (Å²) in [4.78, 5) is 24.3. The van der Waals surface area contributed by atoms with Gasteiger partial charge in [-0.05, 0) is 35.4 Å². The summed E-state index contributed by atoms with van der Waals surface area (Å²) in [5, 5.41) is 7.78. The zero-order valence-corrected chi connectivity index (χ0v) is 14.5. The molecule has 3 rings (SSSR count). The van der Waals surface area contributed by atoms with E-state index >= 15 is 0 Å². The van der Waals surface area contributed by atoms with E-state index in [4.69, 9.17) is 4.74 Å². The van der Waals surface area contributed by atoms with E-state index in [1.54, 1.807) is 31.2 Å². The number of amides is 2. The van der Waals surface area contributed by atoms with Crippen LogP contribution in [0.5, 0.6) is 0 Å². The zero-order chi connectivity index (χ0) is 18.4. The van der Waals surface area contributed by atoms with Crippen LogP contribution in [0.1, 0.15) is 22.8 Å². The molecule has 5 heteroatoms. The van der Waals surface area contributed by atoms with Crippen molar-refractivity contribution in [2.24, 2.45) is 0 Å². The molecule has 5 nitrogen and oxygen atoms in total. The molecule has 0 atom stereocenters. The van der Waals surface area contributed by atoms with Crippen molar-refractivity contribution in [3.8, 4) is 0 Å². The molecule has 0 saturated carbocycles. The number of carbonyl (C=O) groups is 2. The number of esters is 1. The fourth-order valence-corrected chi connectivity index (χ4v) is 2.77. The Morgan fingerprint density at radius 3 is 2.50 bits per heavy atom. The molecule has 0 radical (unpaired) electrons. The van der Waals surface area contributed by atoms with Crippen molar-refractivity contribution in [2.75, 3.05) is 11.9 Å². The molecule has 0 aromatic heterocycles. The maximum Gasteiger partial charge on any atom is 0.340 e. The predicted octanol–water partition coefficient (Wildman–Crippen LogP) is 4.34. The average molecular weight is 348 g/mol. The Morgan fingerprint density at radius 2 is 1.65 bits per heavy atom. The summed E-state index contributed by atoms with van der Waals surface area (Å²) in [6, 6.07) is 20.4. The molecular weight excluding hydrogens is 328 g/mol. The number of rotatable bonds is 5. The molecule has 0 fully saturated rings. The van der Waals surface area contributed by atoms with Gasteiger partial charge in [0.15, 0.2) is 0 Å².